The van der Waals surface area contributed by atoms with E-state index in [2.05, 4.69) is 10.3 Å². The van der Waals surface area contributed by atoms with Crippen molar-refractivity contribution >= 4 is 17.5 Å². The Bertz CT molecular complexity index is 972. The number of ether oxygens (including phenoxy) is 1. The maximum Gasteiger partial charge on any atom is 0.274 e. The molecule has 2 aliphatic heterocycles. The molecule has 152 valence electrons. The molecule has 2 amide bonds. The van der Waals surface area contributed by atoms with Crippen LogP contribution in [0.5, 0.6) is 0 Å². The summed E-state index contributed by atoms with van der Waals surface area (Å²) in [6.45, 7) is 2.01. The van der Waals surface area contributed by atoms with E-state index in [1.54, 1.807) is 29.0 Å². The average Bonchev–Trinajstić information content (AvgIpc) is 2.74. The van der Waals surface area contributed by atoms with Crippen molar-refractivity contribution in [2.75, 3.05) is 32.1 Å². The van der Waals surface area contributed by atoms with Gasteiger partial charge in [0.25, 0.3) is 11.5 Å². The number of pyridine rings is 2. The van der Waals surface area contributed by atoms with Crippen LogP contribution in [0.25, 0.3) is 0 Å². The van der Waals surface area contributed by atoms with Gasteiger partial charge in [-0.3, -0.25) is 19.4 Å². The highest BCUT2D eigenvalue weighted by atomic mass is 16.5. The van der Waals surface area contributed by atoms with Gasteiger partial charge in [-0.05, 0) is 36.6 Å². The SMILES string of the molecule is COCCC(=O)Nc1ccc2n(c1=O)C[C@H]1C[C@@H]2CN(C(=O)c2ccccn2)C1. The van der Waals surface area contributed by atoms with Gasteiger partial charge in [0.1, 0.15) is 11.4 Å². The Morgan fingerprint density at radius 3 is 2.83 bits per heavy atom. The van der Waals surface area contributed by atoms with E-state index < -0.39 is 0 Å². The maximum absolute atomic E-state index is 12.9. The molecule has 1 fully saturated rings. The van der Waals surface area contributed by atoms with Gasteiger partial charge in [-0.25, -0.2) is 0 Å². The van der Waals surface area contributed by atoms with Crippen LogP contribution in [0.4, 0.5) is 5.69 Å². The van der Waals surface area contributed by atoms with Crippen molar-refractivity contribution in [3.63, 3.8) is 0 Å². The van der Waals surface area contributed by atoms with E-state index in [-0.39, 0.29) is 41.3 Å². The largest absolute Gasteiger partial charge is 0.384 e. The van der Waals surface area contributed by atoms with Gasteiger partial charge in [-0.15, -0.1) is 0 Å². The van der Waals surface area contributed by atoms with E-state index in [4.69, 9.17) is 4.74 Å². The first-order valence-corrected chi connectivity index (χ1v) is 9.79. The number of aromatic nitrogens is 2. The minimum atomic E-state index is -0.243. The predicted molar refractivity (Wildman–Crippen MR) is 107 cm³/mol. The minimum absolute atomic E-state index is 0.0712. The highest BCUT2D eigenvalue weighted by molar-refractivity contribution is 5.92. The third kappa shape index (κ3) is 3.93. The van der Waals surface area contributed by atoms with Gasteiger partial charge in [-0.2, -0.15) is 0 Å². The number of hydrogen-bond acceptors (Lipinski definition) is 5. The van der Waals surface area contributed by atoms with Gasteiger partial charge in [0.15, 0.2) is 0 Å². The summed E-state index contributed by atoms with van der Waals surface area (Å²) in [4.78, 5) is 43.7. The average molecular weight is 396 g/mol. The first-order chi connectivity index (χ1) is 14.1. The van der Waals surface area contributed by atoms with Gasteiger partial charge in [0.05, 0.1) is 13.0 Å². The summed E-state index contributed by atoms with van der Waals surface area (Å²) in [7, 11) is 1.53. The smallest absolute Gasteiger partial charge is 0.274 e. The molecule has 2 aromatic rings. The maximum atomic E-state index is 12.9. The first-order valence-electron chi connectivity index (χ1n) is 9.79. The number of carbonyl (C=O) groups is 2. The number of anilines is 1. The number of fused-ring (bicyclic) bond motifs is 4. The van der Waals surface area contributed by atoms with Crippen molar-refractivity contribution < 1.29 is 14.3 Å². The minimum Gasteiger partial charge on any atom is -0.384 e. The van der Waals surface area contributed by atoms with Crippen LogP contribution in [0.3, 0.4) is 0 Å². The van der Waals surface area contributed by atoms with Crippen molar-refractivity contribution in [3.8, 4) is 0 Å². The Balaban J connectivity index is 1.54. The summed E-state index contributed by atoms with van der Waals surface area (Å²) in [6, 6.07) is 8.88. The van der Waals surface area contributed by atoms with Gasteiger partial charge in [-0.1, -0.05) is 6.07 Å². The first kappa shape index (κ1) is 19.3. The van der Waals surface area contributed by atoms with Gasteiger partial charge >= 0.3 is 0 Å². The van der Waals surface area contributed by atoms with Crippen LogP contribution >= 0.6 is 0 Å². The highest BCUT2D eigenvalue weighted by Crippen LogP contribution is 2.35. The third-order valence-electron chi connectivity index (χ3n) is 5.58. The van der Waals surface area contributed by atoms with Crippen LogP contribution in [-0.4, -0.2) is 53.1 Å². The summed E-state index contributed by atoms with van der Waals surface area (Å²) in [6.07, 6.45) is 2.77. The van der Waals surface area contributed by atoms with E-state index in [1.165, 1.54) is 7.11 Å². The number of amides is 2. The second-order valence-corrected chi connectivity index (χ2v) is 7.60. The second kappa shape index (κ2) is 8.16. The Morgan fingerprint density at radius 2 is 2.07 bits per heavy atom. The number of nitrogens with zero attached hydrogens (tertiary/aromatic N) is 3. The van der Waals surface area contributed by atoms with E-state index in [1.807, 2.05) is 17.0 Å². The highest BCUT2D eigenvalue weighted by Gasteiger charge is 2.37. The molecule has 0 saturated carbocycles. The van der Waals surface area contributed by atoms with E-state index in [9.17, 15) is 14.4 Å². The molecule has 8 heteroatoms. The van der Waals surface area contributed by atoms with Gasteiger partial charge < -0.3 is 19.5 Å². The fraction of sp³-hybridized carbons (Fsp3) is 0.429. The molecule has 29 heavy (non-hydrogen) atoms. The lowest BCUT2D eigenvalue weighted by molar-refractivity contribution is -0.117. The van der Waals surface area contributed by atoms with Crippen molar-refractivity contribution in [1.82, 2.24) is 14.5 Å². The van der Waals surface area contributed by atoms with Crippen molar-refractivity contribution in [3.05, 3.63) is 58.3 Å². The molecular weight excluding hydrogens is 372 g/mol. The predicted octanol–water partition coefficient (Wildman–Crippen LogP) is 1.48. The number of nitrogens with one attached hydrogen (secondary N) is 1. The molecule has 0 radical (unpaired) electrons. The Hall–Kier alpha value is -3.00. The molecule has 2 bridgehead atoms. The van der Waals surface area contributed by atoms with Crippen LogP contribution in [0.2, 0.25) is 0 Å². The van der Waals surface area contributed by atoms with Crippen molar-refractivity contribution in [2.45, 2.75) is 25.3 Å². The Morgan fingerprint density at radius 1 is 1.21 bits per heavy atom. The fourth-order valence-corrected chi connectivity index (χ4v) is 4.27. The fourth-order valence-electron chi connectivity index (χ4n) is 4.27. The van der Waals surface area contributed by atoms with Crippen LogP contribution < -0.4 is 10.9 Å². The zero-order valence-electron chi connectivity index (χ0n) is 16.3. The molecule has 0 spiro atoms. The zero-order valence-corrected chi connectivity index (χ0v) is 16.3. The van der Waals surface area contributed by atoms with E-state index in [0.717, 1.165) is 12.1 Å². The molecule has 2 aliphatic rings. The normalized spacial score (nSPS) is 20.1. The van der Waals surface area contributed by atoms with E-state index >= 15 is 0 Å². The summed E-state index contributed by atoms with van der Waals surface area (Å²) in [5.41, 5.74) is 1.46. The van der Waals surface area contributed by atoms with E-state index in [0.29, 0.717) is 31.9 Å². The lowest BCUT2D eigenvalue weighted by Crippen LogP contribution is -2.49. The number of hydrogen-bond donors (Lipinski definition) is 1. The van der Waals surface area contributed by atoms with Crippen LogP contribution in [0, 0.1) is 5.92 Å². The monoisotopic (exact) mass is 396 g/mol. The van der Waals surface area contributed by atoms with Crippen molar-refractivity contribution in [1.29, 1.82) is 0 Å². The van der Waals surface area contributed by atoms with Crippen molar-refractivity contribution in [2.24, 2.45) is 5.92 Å². The van der Waals surface area contributed by atoms with Crippen LogP contribution in [0.1, 0.15) is 34.9 Å². The molecule has 4 rings (SSSR count). The molecule has 8 nitrogen and oxygen atoms in total. The van der Waals surface area contributed by atoms with Gasteiger partial charge in [0.2, 0.25) is 5.91 Å². The van der Waals surface area contributed by atoms with Crippen LogP contribution in [0.15, 0.2) is 41.3 Å². The lowest BCUT2D eigenvalue weighted by atomic mass is 9.83. The molecular formula is C21H24N4O4. The molecule has 0 aromatic carbocycles. The lowest BCUT2D eigenvalue weighted by Gasteiger charge is -2.42. The van der Waals surface area contributed by atoms with Gasteiger partial charge in [0, 0.05) is 44.6 Å². The molecule has 1 N–H and O–H groups in total. The summed E-state index contributed by atoms with van der Waals surface area (Å²) >= 11 is 0. The number of piperidine rings is 1. The molecule has 0 aliphatic carbocycles. The molecule has 2 atom stereocenters. The quantitative estimate of drug-likeness (QED) is 0.826. The number of likely N-dealkylation sites (tertiary alicyclic amines) is 1. The summed E-state index contributed by atoms with van der Waals surface area (Å²) in [5.74, 6) is -0.0158. The standard InChI is InChI=1S/C21H24N4O4/c1-29-9-7-19(26)23-17-5-6-18-15-10-14(12-25(18)21(17)28)11-24(13-15)20(27)16-4-2-3-8-22-16/h2-6,8,14-15H,7,9-13H2,1H3,(H,23,26)/t14-,15+/m0/s1. The third-order valence-corrected chi connectivity index (χ3v) is 5.58. The number of carbonyl (C=O) groups excluding carboxylic acids is 2. The molecule has 1 saturated heterocycles. The molecule has 2 aromatic heterocycles. The zero-order chi connectivity index (χ0) is 20.4. The topological polar surface area (TPSA) is 93.5 Å². The number of rotatable bonds is 5. The summed E-state index contributed by atoms with van der Waals surface area (Å²) < 4.78 is 6.66. The Kier molecular flexibility index (Phi) is 5.44. The summed E-state index contributed by atoms with van der Waals surface area (Å²) in [5, 5.41) is 2.68. The molecule has 0 unspecified atom stereocenters. The molecule has 4 heterocycles. The van der Waals surface area contributed by atoms with Crippen LogP contribution in [-0.2, 0) is 16.1 Å². The second-order valence-electron chi connectivity index (χ2n) is 7.60. The Labute approximate surface area is 168 Å². The number of methoxy groups -OCH3 is 1.